The van der Waals surface area contributed by atoms with Gasteiger partial charge in [-0.15, -0.1) is 0 Å². The van der Waals surface area contributed by atoms with Gasteiger partial charge in [0.25, 0.3) is 5.91 Å². The standard InChI is InChI=1S/C18H26N2O.C2H3NO2/c1-3-4-13(2)20-12-16-11-15(5-6-17(16)18(20)21)14-7-9-19-10-8-14;4-1-3-2-5/h5-6,11,13-14,19H,3-4,7-10,12H2,1-2H3;1-2H,(H,3,4,5). The minimum atomic E-state index is 0.225. The van der Waals surface area contributed by atoms with Crippen molar-refractivity contribution in [2.24, 2.45) is 0 Å². The van der Waals surface area contributed by atoms with Crippen LogP contribution >= 0.6 is 0 Å². The van der Waals surface area contributed by atoms with Crippen LogP contribution in [0.2, 0.25) is 0 Å². The van der Waals surface area contributed by atoms with Crippen molar-refractivity contribution in [1.29, 1.82) is 0 Å². The largest absolute Gasteiger partial charge is 0.332 e. The van der Waals surface area contributed by atoms with E-state index in [9.17, 15) is 4.79 Å². The average molecular weight is 359 g/mol. The predicted molar refractivity (Wildman–Crippen MR) is 101 cm³/mol. The predicted octanol–water partition coefficient (Wildman–Crippen LogP) is 2.19. The minimum Gasteiger partial charge on any atom is -0.332 e. The molecular weight excluding hydrogens is 330 g/mol. The Morgan fingerprint density at radius 1 is 1.27 bits per heavy atom. The molecule has 0 spiro atoms. The number of fused-ring (bicyclic) bond motifs is 1. The van der Waals surface area contributed by atoms with Crippen molar-refractivity contribution in [3.05, 3.63) is 34.9 Å². The molecule has 1 saturated heterocycles. The Balaban J connectivity index is 0.000000431. The highest BCUT2D eigenvalue weighted by Crippen LogP contribution is 2.31. The van der Waals surface area contributed by atoms with Gasteiger partial charge in [-0.05, 0) is 62.4 Å². The molecule has 2 heterocycles. The molecule has 3 amide bonds. The third kappa shape index (κ3) is 4.91. The van der Waals surface area contributed by atoms with Crippen molar-refractivity contribution in [2.75, 3.05) is 13.1 Å². The number of benzene rings is 1. The first-order valence-electron chi connectivity index (χ1n) is 9.40. The van der Waals surface area contributed by atoms with Gasteiger partial charge >= 0.3 is 0 Å². The lowest BCUT2D eigenvalue weighted by atomic mass is 9.88. The third-order valence-corrected chi connectivity index (χ3v) is 5.15. The van der Waals surface area contributed by atoms with E-state index in [1.165, 1.54) is 24.0 Å². The number of imide groups is 1. The molecule has 2 aliphatic rings. The number of carbonyl (C=O) groups is 3. The zero-order valence-corrected chi connectivity index (χ0v) is 15.7. The zero-order valence-electron chi connectivity index (χ0n) is 15.7. The molecule has 0 aromatic heterocycles. The summed E-state index contributed by atoms with van der Waals surface area (Å²) >= 11 is 0. The Labute approximate surface area is 155 Å². The van der Waals surface area contributed by atoms with Crippen molar-refractivity contribution in [3.8, 4) is 0 Å². The van der Waals surface area contributed by atoms with Crippen molar-refractivity contribution in [1.82, 2.24) is 15.5 Å². The van der Waals surface area contributed by atoms with Crippen LogP contribution in [0.25, 0.3) is 0 Å². The van der Waals surface area contributed by atoms with Crippen molar-refractivity contribution in [2.45, 2.75) is 58.0 Å². The van der Waals surface area contributed by atoms with Gasteiger partial charge in [0.15, 0.2) is 0 Å². The van der Waals surface area contributed by atoms with E-state index in [2.05, 4.69) is 37.4 Å². The van der Waals surface area contributed by atoms with Crippen LogP contribution in [-0.4, -0.2) is 42.8 Å². The summed E-state index contributed by atoms with van der Waals surface area (Å²) in [6.45, 7) is 7.37. The molecule has 1 fully saturated rings. The van der Waals surface area contributed by atoms with Crippen molar-refractivity contribution >= 4 is 18.7 Å². The quantitative estimate of drug-likeness (QED) is 0.763. The lowest BCUT2D eigenvalue weighted by Crippen LogP contribution is -2.33. The highest BCUT2D eigenvalue weighted by Gasteiger charge is 2.31. The number of carbonyl (C=O) groups excluding carboxylic acids is 3. The number of piperidine rings is 1. The fraction of sp³-hybridized carbons (Fsp3) is 0.550. The third-order valence-electron chi connectivity index (χ3n) is 5.15. The molecule has 0 radical (unpaired) electrons. The lowest BCUT2D eigenvalue weighted by molar-refractivity contribution is -0.117. The van der Waals surface area contributed by atoms with Gasteiger partial charge in [0.1, 0.15) is 0 Å². The summed E-state index contributed by atoms with van der Waals surface area (Å²) in [5.74, 6) is 0.886. The highest BCUT2D eigenvalue weighted by atomic mass is 16.2. The summed E-state index contributed by atoms with van der Waals surface area (Å²) in [6, 6.07) is 6.88. The molecule has 1 unspecified atom stereocenters. The van der Waals surface area contributed by atoms with Crippen LogP contribution in [0.4, 0.5) is 0 Å². The first-order chi connectivity index (χ1) is 12.6. The molecule has 1 aromatic rings. The van der Waals surface area contributed by atoms with E-state index in [1.807, 2.05) is 4.90 Å². The Hall–Kier alpha value is -2.21. The molecular formula is C20H29N3O3. The Kier molecular flexibility index (Phi) is 7.78. The fourth-order valence-electron chi connectivity index (χ4n) is 3.73. The number of nitrogens with one attached hydrogen (secondary N) is 2. The number of hydrogen-bond acceptors (Lipinski definition) is 4. The van der Waals surface area contributed by atoms with E-state index < -0.39 is 0 Å². The molecule has 3 rings (SSSR count). The van der Waals surface area contributed by atoms with E-state index in [-0.39, 0.29) is 5.91 Å². The van der Waals surface area contributed by atoms with E-state index in [0.717, 1.165) is 38.0 Å². The van der Waals surface area contributed by atoms with E-state index in [0.29, 0.717) is 24.8 Å². The first-order valence-corrected chi connectivity index (χ1v) is 9.40. The normalized spacial score (nSPS) is 17.8. The molecule has 6 heteroatoms. The topological polar surface area (TPSA) is 78.5 Å². The number of rotatable bonds is 6. The molecule has 0 saturated carbocycles. The molecule has 0 aliphatic carbocycles. The lowest BCUT2D eigenvalue weighted by Gasteiger charge is -2.24. The second-order valence-electron chi connectivity index (χ2n) is 6.91. The van der Waals surface area contributed by atoms with Gasteiger partial charge in [-0.2, -0.15) is 0 Å². The second kappa shape index (κ2) is 10.1. The average Bonchev–Trinajstić information content (AvgIpc) is 3.00. The van der Waals surface area contributed by atoms with Crippen LogP contribution in [0.1, 0.15) is 66.9 Å². The van der Waals surface area contributed by atoms with Gasteiger partial charge in [0, 0.05) is 18.2 Å². The Morgan fingerprint density at radius 3 is 2.54 bits per heavy atom. The Bertz CT molecular complexity index is 621. The monoisotopic (exact) mass is 359 g/mol. The van der Waals surface area contributed by atoms with Gasteiger partial charge in [0.2, 0.25) is 12.8 Å². The van der Waals surface area contributed by atoms with E-state index >= 15 is 0 Å². The number of nitrogens with zero attached hydrogens (tertiary/aromatic N) is 1. The summed E-state index contributed by atoms with van der Waals surface area (Å²) in [4.78, 5) is 32.7. The SMILES string of the molecule is CCCC(C)N1Cc2cc(C3CCNCC3)ccc2C1=O.O=CNC=O. The summed E-state index contributed by atoms with van der Waals surface area (Å²) in [6.07, 6.45) is 5.26. The van der Waals surface area contributed by atoms with Gasteiger partial charge in [-0.1, -0.05) is 25.5 Å². The Morgan fingerprint density at radius 2 is 1.96 bits per heavy atom. The van der Waals surface area contributed by atoms with Crippen LogP contribution in [0.3, 0.4) is 0 Å². The smallest absolute Gasteiger partial charge is 0.254 e. The molecule has 142 valence electrons. The maximum Gasteiger partial charge on any atom is 0.254 e. The van der Waals surface area contributed by atoms with Crippen molar-refractivity contribution in [3.63, 3.8) is 0 Å². The summed E-state index contributed by atoms with van der Waals surface area (Å²) < 4.78 is 0. The van der Waals surface area contributed by atoms with Gasteiger partial charge in [-0.25, -0.2) is 0 Å². The van der Waals surface area contributed by atoms with Gasteiger partial charge < -0.3 is 15.5 Å². The molecule has 0 bridgehead atoms. The molecule has 1 atom stereocenters. The van der Waals surface area contributed by atoms with Crippen LogP contribution in [0.5, 0.6) is 0 Å². The fourth-order valence-corrected chi connectivity index (χ4v) is 3.73. The van der Waals surface area contributed by atoms with Gasteiger partial charge in [0.05, 0.1) is 0 Å². The minimum absolute atomic E-state index is 0.225. The van der Waals surface area contributed by atoms with Crippen LogP contribution in [0, 0.1) is 0 Å². The summed E-state index contributed by atoms with van der Waals surface area (Å²) in [5, 5.41) is 5.17. The first kappa shape index (κ1) is 20.1. The number of hydrogen-bond donors (Lipinski definition) is 2. The molecule has 1 aromatic carbocycles. The maximum atomic E-state index is 12.5. The summed E-state index contributed by atoms with van der Waals surface area (Å²) in [5.41, 5.74) is 3.59. The molecule has 2 N–H and O–H groups in total. The van der Waals surface area contributed by atoms with Crippen molar-refractivity contribution < 1.29 is 14.4 Å². The van der Waals surface area contributed by atoms with Gasteiger partial charge in [-0.3, -0.25) is 14.4 Å². The van der Waals surface area contributed by atoms with Crippen LogP contribution in [-0.2, 0) is 16.1 Å². The zero-order chi connectivity index (χ0) is 18.9. The maximum absolute atomic E-state index is 12.5. The van der Waals surface area contributed by atoms with E-state index in [1.54, 1.807) is 5.32 Å². The van der Waals surface area contributed by atoms with E-state index in [4.69, 9.17) is 9.59 Å². The highest BCUT2D eigenvalue weighted by molar-refractivity contribution is 5.98. The second-order valence-corrected chi connectivity index (χ2v) is 6.91. The molecule has 26 heavy (non-hydrogen) atoms. The van der Waals surface area contributed by atoms with Crippen LogP contribution in [0.15, 0.2) is 18.2 Å². The molecule has 2 aliphatic heterocycles. The number of amides is 3. The summed E-state index contributed by atoms with van der Waals surface area (Å²) in [7, 11) is 0. The molecule has 6 nitrogen and oxygen atoms in total. The van der Waals surface area contributed by atoms with Crippen LogP contribution < -0.4 is 10.6 Å².